The zero-order valence-corrected chi connectivity index (χ0v) is 15.6. The lowest BCUT2D eigenvalue weighted by Gasteiger charge is -2.07. The average Bonchev–Trinajstić information content (AvgIpc) is 2.90. The highest BCUT2D eigenvalue weighted by molar-refractivity contribution is 9.10. The van der Waals surface area contributed by atoms with Gasteiger partial charge in [-0.15, -0.1) is 11.3 Å². The second-order valence-electron chi connectivity index (χ2n) is 5.23. The Labute approximate surface area is 151 Å². The summed E-state index contributed by atoms with van der Waals surface area (Å²) in [6.45, 7) is 4.22. The molecule has 5 nitrogen and oxygen atoms in total. The van der Waals surface area contributed by atoms with Crippen molar-refractivity contribution in [3.05, 3.63) is 61.4 Å². The summed E-state index contributed by atoms with van der Waals surface area (Å²) in [6, 6.07) is 7.73. The first kappa shape index (κ1) is 16.9. The topological polar surface area (TPSA) is 61.2 Å². The molecule has 0 aliphatic rings. The van der Waals surface area contributed by atoms with Crippen molar-refractivity contribution < 1.29 is 9.53 Å². The minimum Gasteiger partial charge on any atom is -0.462 e. The van der Waals surface area contributed by atoms with Crippen molar-refractivity contribution in [3.63, 3.8) is 0 Å². The summed E-state index contributed by atoms with van der Waals surface area (Å²) in [6.07, 6.45) is 1.52. The molecule has 0 saturated heterocycles. The molecule has 1 aromatic carbocycles. The molecule has 124 valence electrons. The fourth-order valence-electron chi connectivity index (χ4n) is 2.47. The number of esters is 1. The number of aromatic nitrogens is 2. The molecule has 0 atom stereocenters. The number of thiophene rings is 1. The summed E-state index contributed by atoms with van der Waals surface area (Å²) in [4.78, 5) is 30.2. The highest BCUT2D eigenvalue weighted by atomic mass is 79.9. The molecule has 2 heterocycles. The van der Waals surface area contributed by atoms with Crippen LogP contribution in [0.25, 0.3) is 10.2 Å². The van der Waals surface area contributed by atoms with Crippen molar-refractivity contribution in [2.24, 2.45) is 0 Å². The van der Waals surface area contributed by atoms with Crippen LogP contribution in [0.3, 0.4) is 0 Å². The second kappa shape index (κ2) is 6.86. The molecule has 7 heteroatoms. The van der Waals surface area contributed by atoms with Gasteiger partial charge in [-0.3, -0.25) is 9.36 Å². The van der Waals surface area contributed by atoms with Gasteiger partial charge in [0.15, 0.2) is 0 Å². The quantitative estimate of drug-likeness (QED) is 0.618. The fraction of sp³-hybridized carbons (Fsp3) is 0.235. The first-order valence-electron chi connectivity index (χ1n) is 7.42. The number of carbonyl (C=O) groups is 1. The number of ether oxygens (including phenoxy) is 1. The summed E-state index contributed by atoms with van der Waals surface area (Å²) < 4.78 is 7.54. The summed E-state index contributed by atoms with van der Waals surface area (Å²) in [5.41, 5.74) is 1.46. The minimum absolute atomic E-state index is 0.153. The molecule has 2 aromatic heterocycles. The van der Waals surface area contributed by atoms with Gasteiger partial charge in [0, 0.05) is 4.47 Å². The largest absolute Gasteiger partial charge is 0.462 e. The van der Waals surface area contributed by atoms with Crippen LogP contribution in [-0.2, 0) is 11.3 Å². The Morgan fingerprint density at radius 3 is 2.83 bits per heavy atom. The van der Waals surface area contributed by atoms with Gasteiger partial charge in [0.05, 0.1) is 24.9 Å². The van der Waals surface area contributed by atoms with Crippen LogP contribution in [0.2, 0.25) is 0 Å². The van der Waals surface area contributed by atoms with Crippen molar-refractivity contribution in [1.82, 2.24) is 9.55 Å². The van der Waals surface area contributed by atoms with E-state index < -0.39 is 5.97 Å². The maximum absolute atomic E-state index is 12.8. The van der Waals surface area contributed by atoms with Crippen molar-refractivity contribution >= 4 is 43.5 Å². The van der Waals surface area contributed by atoms with Crippen LogP contribution >= 0.6 is 27.3 Å². The highest BCUT2D eigenvalue weighted by Crippen LogP contribution is 2.27. The number of nitrogens with zero attached hydrogens (tertiary/aromatic N) is 2. The maximum Gasteiger partial charge on any atom is 0.348 e. The van der Waals surface area contributed by atoms with E-state index in [9.17, 15) is 9.59 Å². The molecule has 0 amide bonds. The number of aryl methyl sites for hydroxylation is 1. The third-order valence-electron chi connectivity index (χ3n) is 3.68. The molecule has 0 radical (unpaired) electrons. The maximum atomic E-state index is 12.8. The molecule has 0 spiro atoms. The summed E-state index contributed by atoms with van der Waals surface area (Å²) in [7, 11) is 0. The monoisotopic (exact) mass is 406 g/mol. The Bertz CT molecular complexity index is 978. The van der Waals surface area contributed by atoms with Gasteiger partial charge in [0.25, 0.3) is 5.56 Å². The molecule has 0 N–H and O–H groups in total. The van der Waals surface area contributed by atoms with Crippen LogP contribution in [0.4, 0.5) is 0 Å². The van der Waals surface area contributed by atoms with E-state index in [1.54, 1.807) is 18.4 Å². The number of carbonyl (C=O) groups excluding carboxylic acids is 1. The van der Waals surface area contributed by atoms with E-state index in [2.05, 4.69) is 20.9 Å². The van der Waals surface area contributed by atoms with Gasteiger partial charge in [0.2, 0.25) is 0 Å². The second-order valence-corrected chi connectivity index (χ2v) is 7.08. The summed E-state index contributed by atoms with van der Waals surface area (Å²) >= 11 is 4.68. The van der Waals surface area contributed by atoms with Crippen molar-refractivity contribution in [2.75, 3.05) is 6.61 Å². The highest BCUT2D eigenvalue weighted by Gasteiger charge is 2.20. The number of benzene rings is 1. The van der Waals surface area contributed by atoms with E-state index in [0.717, 1.165) is 10.0 Å². The zero-order valence-electron chi connectivity index (χ0n) is 13.2. The first-order chi connectivity index (χ1) is 11.5. The molecule has 24 heavy (non-hydrogen) atoms. The standard InChI is InChI=1S/C17H15BrN2O3S/c1-3-23-17(22)14-10(2)13-15(24-14)19-9-20(16(13)21)8-11-6-4-5-7-12(11)18/h4-7,9H,3,8H2,1-2H3. The molecule has 0 bridgehead atoms. The van der Waals surface area contributed by atoms with Gasteiger partial charge in [-0.05, 0) is 31.0 Å². The normalized spacial score (nSPS) is 11.0. The smallest absolute Gasteiger partial charge is 0.348 e. The molecule has 0 aliphatic heterocycles. The van der Waals surface area contributed by atoms with Crippen LogP contribution in [0.5, 0.6) is 0 Å². The van der Waals surface area contributed by atoms with Crippen molar-refractivity contribution in [1.29, 1.82) is 0 Å². The van der Waals surface area contributed by atoms with E-state index in [0.29, 0.717) is 33.8 Å². The van der Waals surface area contributed by atoms with E-state index in [4.69, 9.17) is 4.74 Å². The Hall–Kier alpha value is -1.99. The average molecular weight is 407 g/mol. The zero-order chi connectivity index (χ0) is 17.3. The minimum atomic E-state index is -0.408. The Morgan fingerprint density at radius 2 is 2.12 bits per heavy atom. The van der Waals surface area contributed by atoms with Gasteiger partial charge >= 0.3 is 5.97 Å². The van der Waals surface area contributed by atoms with Crippen LogP contribution in [0.15, 0.2) is 39.9 Å². The first-order valence-corrected chi connectivity index (χ1v) is 9.03. The lowest BCUT2D eigenvalue weighted by molar-refractivity contribution is 0.0531. The Morgan fingerprint density at radius 1 is 1.38 bits per heavy atom. The van der Waals surface area contributed by atoms with E-state index in [-0.39, 0.29) is 5.56 Å². The van der Waals surface area contributed by atoms with Crippen LogP contribution < -0.4 is 5.56 Å². The van der Waals surface area contributed by atoms with Crippen LogP contribution in [-0.4, -0.2) is 22.1 Å². The fourth-order valence-corrected chi connectivity index (χ4v) is 3.92. The van der Waals surface area contributed by atoms with Crippen molar-refractivity contribution in [3.8, 4) is 0 Å². The molecule has 3 aromatic rings. The van der Waals surface area contributed by atoms with Gasteiger partial charge in [-0.25, -0.2) is 9.78 Å². The van der Waals surface area contributed by atoms with Crippen molar-refractivity contribution in [2.45, 2.75) is 20.4 Å². The van der Waals surface area contributed by atoms with Crippen LogP contribution in [0, 0.1) is 6.92 Å². The molecular weight excluding hydrogens is 392 g/mol. The van der Waals surface area contributed by atoms with Gasteiger partial charge < -0.3 is 4.74 Å². The number of hydrogen-bond acceptors (Lipinski definition) is 5. The Balaban J connectivity index is 2.08. The lowest BCUT2D eigenvalue weighted by Crippen LogP contribution is -2.21. The predicted octanol–water partition coefficient (Wildman–Crippen LogP) is 3.75. The SMILES string of the molecule is CCOC(=O)c1sc2ncn(Cc3ccccc3Br)c(=O)c2c1C. The van der Waals surface area contributed by atoms with Crippen LogP contribution in [0.1, 0.15) is 27.7 Å². The van der Waals surface area contributed by atoms with E-state index in [1.165, 1.54) is 17.7 Å². The molecule has 0 unspecified atom stereocenters. The van der Waals surface area contributed by atoms with Gasteiger partial charge in [0.1, 0.15) is 9.71 Å². The number of rotatable bonds is 4. The third-order valence-corrected chi connectivity index (χ3v) is 5.63. The van der Waals surface area contributed by atoms with Gasteiger partial charge in [-0.2, -0.15) is 0 Å². The molecule has 0 saturated carbocycles. The predicted molar refractivity (Wildman–Crippen MR) is 97.8 cm³/mol. The number of hydrogen-bond donors (Lipinski definition) is 0. The van der Waals surface area contributed by atoms with Gasteiger partial charge in [-0.1, -0.05) is 34.1 Å². The summed E-state index contributed by atoms with van der Waals surface area (Å²) in [5, 5.41) is 0.484. The van der Waals surface area contributed by atoms with E-state index >= 15 is 0 Å². The number of fused-ring (bicyclic) bond motifs is 1. The number of halogens is 1. The molecular formula is C17H15BrN2O3S. The molecule has 0 fully saturated rings. The molecule has 0 aliphatic carbocycles. The summed E-state index contributed by atoms with van der Waals surface area (Å²) in [5.74, 6) is -0.408. The Kier molecular flexibility index (Phi) is 4.82. The van der Waals surface area contributed by atoms with E-state index in [1.807, 2.05) is 24.3 Å². The third kappa shape index (κ3) is 3.01. The molecule has 3 rings (SSSR count). The lowest BCUT2D eigenvalue weighted by atomic mass is 10.2.